The predicted octanol–water partition coefficient (Wildman–Crippen LogP) is 1.87. The molecule has 0 unspecified atom stereocenters. The zero-order chi connectivity index (χ0) is 18.3. The maximum Gasteiger partial charge on any atom is 0.501 e. The van der Waals surface area contributed by atoms with Gasteiger partial charge in [-0.3, -0.25) is 0 Å². The Morgan fingerprint density at radius 3 is 1.56 bits per heavy atom. The molecule has 0 fully saturated rings. The third kappa shape index (κ3) is 14.1. The van der Waals surface area contributed by atoms with Crippen LogP contribution in [0.2, 0.25) is 6.04 Å². The highest BCUT2D eigenvalue weighted by Gasteiger charge is 2.40. The fraction of sp³-hybridized carbons (Fsp3) is 1.00. The Hall–Kier alpha value is 0.347. The first-order chi connectivity index (χ1) is 11.4. The summed E-state index contributed by atoms with van der Waals surface area (Å²) >= 11 is 0. The average molecular weight is 398 g/mol. The number of quaternary nitrogens is 1. The van der Waals surface area contributed by atoms with Gasteiger partial charge in [0.15, 0.2) is 0 Å². The molecule has 0 heterocycles. The summed E-state index contributed by atoms with van der Waals surface area (Å²) in [7, 11) is 2.23. The lowest BCUT2D eigenvalue weighted by Gasteiger charge is -2.32. The number of halogens is 1. The SMILES string of the molecule is CCCCCCCC[N+](C)(C)CCC[Si](OCC)(OCC)OCC.[Cl-]. The summed E-state index contributed by atoms with van der Waals surface area (Å²) in [5.74, 6) is 0. The second kappa shape index (κ2) is 16.5. The topological polar surface area (TPSA) is 27.7 Å². The summed E-state index contributed by atoms with van der Waals surface area (Å²) in [6.07, 6.45) is 9.32. The van der Waals surface area contributed by atoms with Crippen LogP contribution in [0.25, 0.3) is 0 Å². The van der Waals surface area contributed by atoms with Crippen LogP contribution in [0.15, 0.2) is 0 Å². The summed E-state index contributed by atoms with van der Waals surface area (Å²) in [4.78, 5) is 0. The number of hydrogen-bond donors (Lipinski definition) is 0. The Labute approximate surface area is 165 Å². The average Bonchev–Trinajstić information content (AvgIpc) is 2.51. The van der Waals surface area contributed by atoms with Gasteiger partial charge in [0.25, 0.3) is 0 Å². The predicted molar refractivity (Wildman–Crippen MR) is 105 cm³/mol. The van der Waals surface area contributed by atoms with E-state index in [0.717, 1.165) is 23.5 Å². The molecule has 0 saturated heterocycles. The van der Waals surface area contributed by atoms with Gasteiger partial charge in [0.2, 0.25) is 0 Å². The van der Waals surface area contributed by atoms with Gasteiger partial charge in [0, 0.05) is 32.3 Å². The number of unbranched alkanes of at least 4 members (excludes halogenated alkanes) is 5. The monoisotopic (exact) mass is 397 g/mol. The van der Waals surface area contributed by atoms with E-state index in [4.69, 9.17) is 13.3 Å². The van der Waals surface area contributed by atoms with Crippen molar-refractivity contribution in [2.24, 2.45) is 0 Å². The molecular weight excluding hydrogens is 354 g/mol. The molecule has 0 aromatic carbocycles. The molecule has 0 aliphatic rings. The van der Waals surface area contributed by atoms with E-state index in [1.807, 2.05) is 20.8 Å². The van der Waals surface area contributed by atoms with E-state index in [1.54, 1.807) is 0 Å². The van der Waals surface area contributed by atoms with Gasteiger partial charge >= 0.3 is 8.80 Å². The highest BCUT2D eigenvalue weighted by atomic mass is 35.5. The minimum Gasteiger partial charge on any atom is -1.00 e. The summed E-state index contributed by atoms with van der Waals surface area (Å²) in [5.41, 5.74) is 0. The third-order valence-electron chi connectivity index (χ3n) is 4.46. The second-order valence-electron chi connectivity index (χ2n) is 7.24. The highest BCUT2D eigenvalue weighted by molar-refractivity contribution is 6.60. The molecule has 0 saturated carbocycles. The van der Waals surface area contributed by atoms with Crippen LogP contribution < -0.4 is 12.4 Å². The Bertz CT molecular complexity index is 277. The van der Waals surface area contributed by atoms with Crippen molar-refractivity contribution in [2.45, 2.75) is 78.7 Å². The van der Waals surface area contributed by atoms with Crippen molar-refractivity contribution in [2.75, 3.05) is 47.0 Å². The largest absolute Gasteiger partial charge is 1.00 e. The summed E-state index contributed by atoms with van der Waals surface area (Å²) in [5, 5.41) is 0. The zero-order valence-electron chi connectivity index (χ0n) is 17.7. The summed E-state index contributed by atoms with van der Waals surface area (Å²) in [6.45, 7) is 12.8. The first kappa shape index (κ1) is 27.6. The van der Waals surface area contributed by atoms with E-state index < -0.39 is 8.80 Å². The highest BCUT2D eigenvalue weighted by Crippen LogP contribution is 2.19. The summed E-state index contributed by atoms with van der Waals surface area (Å²) in [6, 6.07) is 0.931. The Kier molecular flexibility index (Phi) is 18.2. The standard InChI is InChI=1S/C19H44NO3Si.ClH/c1-7-11-12-13-14-15-17-20(5,6)18-16-19-24(21-8-2,22-9-3)23-10-4;/h7-19H2,1-6H3;1H/q+1;/p-1. The van der Waals surface area contributed by atoms with Crippen molar-refractivity contribution >= 4 is 8.80 Å². The van der Waals surface area contributed by atoms with E-state index in [2.05, 4.69) is 21.0 Å². The lowest BCUT2D eigenvalue weighted by Crippen LogP contribution is -3.00. The molecule has 25 heavy (non-hydrogen) atoms. The van der Waals surface area contributed by atoms with Crippen molar-refractivity contribution in [3.8, 4) is 0 Å². The molecule has 0 N–H and O–H groups in total. The van der Waals surface area contributed by atoms with Crippen molar-refractivity contribution in [1.82, 2.24) is 0 Å². The van der Waals surface area contributed by atoms with Gasteiger partial charge in [-0.25, -0.2) is 0 Å². The Morgan fingerprint density at radius 1 is 0.640 bits per heavy atom. The Morgan fingerprint density at radius 2 is 1.08 bits per heavy atom. The molecule has 0 spiro atoms. The van der Waals surface area contributed by atoms with Gasteiger partial charge < -0.3 is 30.2 Å². The van der Waals surface area contributed by atoms with E-state index in [0.29, 0.717) is 19.8 Å². The smallest absolute Gasteiger partial charge is 0.501 e. The van der Waals surface area contributed by atoms with Gasteiger partial charge in [-0.1, -0.05) is 32.6 Å². The maximum atomic E-state index is 5.95. The third-order valence-corrected chi connectivity index (χ3v) is 7.61. The molecule has 0 aliphatic heterocycles. The molecule has 0 amide bonds. The van der Waals surface area contributed by atoms with E-state index in [1.165, 1.54) is 45.1 Å². The van der Waals surface area contributed by atoms with Crippen molar-refractivity contribution in [3.63, 3.8) is 0 Å². The van der Waals surface area contributed by atoms with Crippen LogP contribution in [0.5, 0.6) is 0 Å². The van der Waals surface area contributed by atoms with Gasteiger partial charge in [-0.2, -0.15) is 0 Å². The van der Waals surface area contributed by atoms with Crippen molar-refractivity contribution in [3.05, 3.63) is 0 Å². The molecule has 0 aromatic heterocycles. The van der Waals surface area contributed by atoms with E-state index in [9.17, 15) is 0 Å². The molecule has 0 radical (unpaired) electrons. The normalized spacial score (nSPS) is 12.2. The second-order valence-corrected chi connectivity index (χ2v) is 9.97. The molecular formula is C19H44ClNO3Si. The maximum absolute atomic E-state index is 5.95. The van der Waals surface area contributed by atoms with Crippen LogP contribution in [0.4, 0.5) is 0 Å². The van der Waals surface area contributed by atoms with Gasteiger partial charge in [-0.05, 0) is 33.6 Å². The lowest BCUT2D eigenvalue weighted by molar-refractivity contribution is -0.890. The molecule has 4 nitrogen and oxygen atoms in total. The minimum absolute atomic E-state index is 0. The molecule has 0 aliphatic carbocycles. The first-order valence-electron chi connectivity index (χ1n) is 10.2. The van der Waals surface area contributed by atoms with Gasteiger partial charge in [-0.15, -0.1) is 0 Å². The minimum atomic E-state index is -2.46. The van der Waals surface area contributed by atoms with Crippen LogP contribution in [0, 0.1) is 0 Å². The molecule has 154 valence electrons. The first-order valence-corrected chi connectivity index (χ1v) is 12.1. The molecule has 0 atom stereocenters. The van der Waals surface area contributed by atoms with E-state index >= 15 is 0 Å². The fourth-order valence-electron chi connectivity index (χ4n) is 3.16. The number of hydrogen-bond acceptors (Lipinski definition) is 3. The molecule has 0 bridgehead atoms. The quantitative estimate of drug-likeness (QED) is 0.213. The van der Waals surface area contributed by atoms with Crippen LogP contribution in [0.3, 0.4) is 0 Å². The van der Waals surface area contributed by atoms with Crippen LogP contribution in [-0.4, -0.2) is 60.3 Å². The molecule has 6 heteroatoms. The molecule has 0 aromatic rings. The van der Waals surface area contributed by atoms with E-state index in [-0.39, 0.29) is 12.4 Å². The fourth-order valence-corrected chi connectivity index (χ4v) is 5.75. The molecule has 0 rings (SSSR count). The van der Waals surface area contributed by atoms with Crippen LogP contribution in [0.1, 0.15) is 72.6 Å². The van der Waals surface area contributed by atoms with Crippen molar-refractivity contribution in [1.29, 1.82) is 0 Å². The Balaban J connectivity index is 0. The zero-order valence-corrected chi connectivity index (χ0v) is 19.5. The van der Waals surface area contributed by atoms with Crippen LogP contribution in [-0.2, 0) is 13.3 Å². The van der Waals surface area contributed by atoms with Gasteiger partial charge in [0.05, 0.1) is 27.2 Å². The lowest BCUT2D eigenvalue weighted by atomic mass is 10.1. The van der Waals surface area contributed by atoms with Crippen molar-refractivity contribution < 1.29 is 30.2 Å². The number of nitrogens with zero attached hydrogens (tertiary/aromatic N) is 1. The summed E-state index contributed by atoms with van der Waals surface area (Å²) < 4.78 is 18.9. The van der Waals surface area contributed by atoms with Gasteiger partial charge in [0.1, 0.15) is 0 Å². The van der Waals surface area contributed by atoms with Crippen LogP contribution >= 0.6 is 0 Å². The number of rotatable bonds is 17.